The number of aromatic nitrogens is 1. The molecule has 0 bridgehead atoms. The third-order valence-electron chi connectivity index (χ3n) is 4.77. The van der Waals surface area contributed by atoms with E-state index in [1.807, 2.05) is 53.1 Å². The van der Waals surface area contributed by atoms with Gasteiger partial charge in [0.05, 0.1) is 0 Å². The second kappa shape index (κ2) is 15.8. The molecule has 172 valence electrons. The van der Waals surface area contributed by atoms with Crippen LogP contribution >= 0.6 is 0 Å². The average molecular weight is 431 g/mol. The first-order valence-electron chi connectivity index (χ1n) is 11.3. The minimum Gasteiger partial charge on any atom is -0.292 e. The summed E-state index contributed by atoms with van der Waals surface area (Å²) in [6.07, 6.45) is 5.32. The Kier molecular flexibility index (Phi) is 14.3. The van der Waals surface area contributed by atoms with Crippen LogP contribution in [0, 0.1) is 13.8 Å². The molecule has 0 fully saturated rings. The van der Waals surface area contributed by atoms with Crippen molar-refractivity contribution in [3.63, 3.8) is 0 Å². The SMILES string of the molecule is C.C=CCC(=NC)c1ccnc(Cc2cccc(-c3cc(C)ccc3C)c2)c1.CC.CC. The highest BCUT2D eigenvalue weighted by Crippen LogP contribution is 2.26. The van der Waals surface area contributed by atoms with Crippen molar-refractivity contribution in [1.82, 2.24) is 4.98 Å². The van der Waals surface area contributed by atoms with Gasteiger partial charge in [-0.2, -0.15) is 0 Å². The summed E-state index contributed by atoms with van der Waals surface area (Å²) in [5, 5.41) is 0. The van der Waals surface area contributed by atoms with Crippen LogP contribution in [0.15, 0.2) is 78.4 Å². The van der Waals surface area contributed by atoms with Crippen molar-refractivity contribution in [1.29, 1.82) is 0 Å². The highest BCUT2D eigenvalue weighted by Gasteiger charge is 2.07. The molecule has 32 heavy (non-hydrogen) atoms. The molecule has 0 amide bonds. The van der Waals surface area contributed by atoms with Gasteiger partial charge in [0, 0.05) is 37.5 Å². The number of benzene rings is 2. The molecular formula is C30H42N2. The van der Waals surface area contributed by atoms with E-state index in [0.717, 1.165) is 29.8 Å². The van der Waals surface area contributed by atoms with E-state index in [2.05, 4.69) is 78.9 Å². The second-order valence-corrected chi connectivity index (χ2v) is 6.89. The largest absolute Gasteiger partial charge is 0.292 e. The maximum Gasteiger partial charge on any atom is 0.0455 e. The van der Waals surface area contributed by atoms with Crippen molar-refractivity contribution in [3.05, 3.63) is 101 Å². The molecule has 0 atom stereocenters. The first-order valence-corrected chi connectivity index (χ1v) is 11.3. The van der Waals surface area contributed by atoms with E-state index in [4.69, 9.17) is 0 Å². The predicted molar refractivity (Wildman–Crippen MR) is 145 cm³/mol. The Morgan fingerprint density at radius 3 is 2.34 bits per heavy atom. The predicted octanol–water partition coefficient (Wildman–Crippen LogP) is 8.64. The molecule has 0 spiro atoms. The van der Waals surface area contributed by atoms with Gasteiger partial charge in [0.2, 0.25) is 0 Å². The van der Waals surface area contributed by atoms with Crippen molar-refractivity contribution in [2.45, 2.75) is 61.8 Å². The summed E-state index contributed by atoms with van der Waals surface area (Å²) in [4.78, 5) is 8.95. The molecule has 0 saturated carbocycles. The lowest BCUT2D eigenvalue weighted by Gasteiger charge is -2.10. The number of hydrogen-bond acceptors (Lipinski definition) is 2. The first-order chi connectivity index (χ1) is 15.1. The Balaban J connectivity index is 0.00000182. The fraction of sp³-hybridized carbons (Fsp3) is 0.333. The molecular weight excluding hydrogens is 388 g/mol. The number of nitrogens with zero attached hydrogens (tertiary/aromatic N) is 2. The van der Waals surface area contributed by atoms with Gasteiger partial charge in [0.15, 0.2) is 0 Å². The summed E-state index contributed by atoms with van der Waals surface area (Å²) in [6, 6.07) is 19.5. The van der Waals surface area contributed by atoms with Gasteiger partial charge in [-0.15, -0.1) is 6.58 Å². The number of aryl methyl sites for hydroxylation is 2. The van der Waals surface area contributed by atoms with Gasteiger partial charge < -0.3 is 0 Å². The minimum absolute atomic E-state index is 0. The molecule has 2 nitrogen and oxygen atoms in total. The zero-order valence-electron chi connectivity index (χ0n) is 20.4. The smallest absolute Gasteiger partial charge is 0.0455 e. The average Bonchev–Trinajstić information content (AvgIpc) is 2.82. The van der Waals surface area contributed by atoms with Gasteiger partial charge in [-0.05, 0) is 53.8 Å². The van der Waals surface area contributed by atoms with Crippen molar-refractivity contribution in [2.24, 2.45) is 4.99 Å². The summed E-state index contributed by atoms with van der Waals surface area (Å²) in [7, 11) is 1.83. The third-order valence-corrected chi connectivity index (χ3v) is 4.77. The second-order valence-electron chi connectivity index (χ2n) is 6.89. The molecule has 0 aliphatic rings. The van der Waals surface area contributed by atoms with Crippen LogP contribution in [0.4, 0.5) is 0 Å². The number of rotatable bonds is 6. The zero-order valence-corrected chi connectivity index (χ0v) is 20.4. The van der Waals surface area contributed by atoms with Crippen LogP contribution in [-0.2, 0) is 6.42 Å². The maximum atomic E-state index is 4.56. The van der Waals surface area contributed by atoms with E-state index in [1.54, 1.807) is 0 Å². The normalized spacial score (nSPS) is 10.0. The van der Waals surface area contributed by atoms with E-state index < -0.39 is 0 Å². The summed E-state index contributed by atoms with van der Waals surface area (Å²) in [6.45, 7) is 16.1. The number of allylic oxidation sites excluding steroid dienone is 1. The number of hydrogen-bond donors (Lipinski definition) is 0. The van der Waals surface area contributed by atoms with Gasteiger partial charge in [0.1, 0.15) is 0 Å². The van der Waals surface area contributed by atoms with Crippen LogP contribution in [0.3, 0.4) is 0 Å². The quantitative estimate of drug-likeness (QED) is 0.284. The standard InChI is InChI=1S/C25H26N2.2C2H6.CH4/c1-5-7-25(26-4)22-12-13-27-23(17-22)16-20-8-6-9-21(15-20)24-14-18(2)10-11-19(24)3;2*1-2;/h5-6,8-15,17H,1,7,16H2,2-4H3;2*1-2H3;1H4. The molecule has 3 rings (SSSR count). The van der Waals surface area contributed by atoms with Crippen LogP contribution in [0.1, 0.15) is 69.5 Å². The van der Waals surface area contributed by atoms with Gasteiger partial charge in [-0.3, -0.25) is 9.98 Å². The molecule has 2 aromatic carbocycles. The molecule has 1 aromatic heterocycles. The summed E-state index contributed by atoms with van der Waals surface area (Å²) in [5.41, 5.74) is 9.60. The van der Waals surface area contributed by atoms with Crippen LogP contribution in [0.5, 0.6) is 0 Å². The minimum atomic E-state index is 0. The fourth-order valence-corrected chi connectivity index (χ4v) is 3.33. The Hall–Kier alpha value is -3.00. The van der Waals surface area contributed by atoms with E-state index >= 15 is 0 Å². The lowest BCUT2D eigenvalue weighted by atomic mass is 9.96. The lowest BCUT2D eigenvalue weighted by Crippen LogP contribution is -2.02. The third kappa shape index (κ3) is 8.26. The van der Waals surface area contributed by atoms with E-state index in [9.17, 15) is 0 Å². The Morgan fingerprint density at radius 1 is 0.969 bits per heavy atom. The summed E-state index contributed by atoms with van der Waals surface area (Å²) >= 11 is 0. The molecule has 0 aliphatic carbocycles. The van der Waals surface area contributed by atoms with Crippen molar-refractivity contribution in [3.8, 4) is 11.1 Å². The van der Waals surface area contributed by atoms with E-state index in [-0.39, 0.29) is 7.43 Å². The molecule has 0 radical (unpaired) electrons. The molecule has 1 heterocycles. The molecule has 0 N–H and O–H groups in total. The molecule has 0 aliphatic heterocycles. The number of aliphatic imine (C=N–C) groups is 1. The fourth-order valence-electron chi connectivity index (χ4n) is 3.33. The van der Waals surface area contributed by atoms with E-state index in [0.29, 0.717) is 0 Å². The van der Waals surface area contributed by atoms with E-state index in [1.165, 1.54) is 27.8 Å². The lowest BCUT2D eigenvalue weighted by molar-refractivity contribution is 1.07. The Bertz CT molecular complexity index is 984. The van der Waals surface area contributed by atoms with Crippen LogP contribution in [0.25, 0.3) is 11.1 Å². The Morgan fingerprint density at radius 2 is 1.69 bits per heavy atom. The molecule has 0 saturated heterocycles. The molecule has 0 unspecified atom stereocenters. The van der Waals surface area contributed by atoms with Crippen LogP contribution in [-0.4, -0.2) is 17.7 Å². The topological polar surface area (TPSA) is 25.2 Å². The van der Waals surface area contributed by atoms with Gasteiger partial charge in [-0.25, -0.2) is 0 Å². The van der Waals surface area contributed by atoms with Crippen LogP contribution < -0.4 is 0 Å². The maximum absolute atomic E-state index is 4.56. The van der Waals surface area contributed by atoms with Crippen molar-refractivity contribution < 1.29 is 0 Å². The van der Waals surface area contributed by atoms with Crippen LogP contribution in [0.2, 0.25) is 0 Å². The zero-order chi connectivity index (χ0) is 23.2. The highest BCUT2D eigenvalue weighted by molar-refractivity contribution is 6.01. The van der Waals surface area contributed by atoms with Gasteiger partial charge in [-0.1, -0.05) is 89.2 Å². The highest BCUT2D eigenvalue weighted by atomic mass is 14.7. The first kappa shape index (κ1) is 29.0. The van der Waals surface area contributed by atoms with Gasteiger partial charge >= 0.3 is 0 Å². The summed E-state index contributed by atoms with van der Waals surface area (Å²) in [5.74, 6) is 0. The summed E-state index contributed by atoms with van der Waals surface area (Å²) < 4.78 is 0. The van der Waals surface area contributed by atoms with Crippen molar-refractivity contribution in [2.75, 3.05) is 7.05 Å². The monoisotopic (exact) mass is 430 g/mol. The van der Waals surface area contributed by atoms with Gasteiger partial charge in [0.25, 0.3) is 0 Å². The molecule has 3 aromatic rings. The molecule has 2 heteroatoms. The van der Waals surface area contributed by atoms with Crippen molar-refractivity contribution >= 4 is 5.71 Å². The number of pyridine rings is 1. The Labute approximate surface area is 197 Å².